The molecule has 0 N–H and O–H groups in total. The van der Waals surface area contributed by atoms with Crippen LogP contribution in [0.1, 0.15) is 10.8 Å². The minimum atomic E-state index is -3.56. The predicted molar refractivity (Wildman–Crippen MR) is 104 cm³/mol. The Morgan fingerprint density at radius 2 is 1.24 bits per heavy atom. The van der Waals surface area contributed by atoms with Crippen molar-refractivity contribution < 1.29 is 8.42 Å². The molecule has 4 heteroatoms. The van der Waals surface area contributed by atoms with E-state index in [2.05, 4.69) is 6.58 Å². The summed E-state index contributed by atoms with van der Waals surface area (Å²) in [6.07, 6.45) is 0. The fourth-order valence-corrected chi connectivity index (χ4v) is 7.08. The Bertz CT molecular complexity index is 937. The third-order valence-electron chi connectivity index (χ3n) is 3.77. The molecule has 0 aliphatic heterocycles. The monoisotopic (exact) mass is 414 g/mol. The van der Waals surface area contributed by atoms with Crippen LogP contribution >= 0.6 is 0 Å². The zero-order valence-corrected chi connectivity index (χ0v) is 16.1. The molecule has 0 spiro atoms. The topological polar surface area (TPSA) is 34.1 Å². The van der Waals surface area contributed by atoms with Gasteiger partial charge in [0.05, 0.1) is 0 Å². The second-order valence-electron chi connectivity index (χ2n) is 5.53. The van der Waals surface area contributed by atoms with Gasteiger partial charge in [-0.1, -0.05) is 0 Å². The van der Waals surface area contributed by atoms with Crippen LogP contribution in [0.15, 0.2) is 107 Å². The van der Waals surface area contributed by atoms with Crippen molar-refractivity contribution in [2.45, 2.75) is 10.1 Å². The molecule has 0 bridgehead atoms. The Morgan fingerprint density at radius 1 is 0.760 bits per heavy atom. The van der Waals surface area contributed by atoms with E-state index in [1.165, 1.54) is 0 Å². The SMILES string of the molecule is C=C([Se]c1ccccc1)C(c1ccccc1)S(=O)(=O)c1ccccc1. The Morgan fingerprint density at radius 3 is 1.80 bits per heavy atom. The van der Waals surface area contributed by atoms with Crippen molar-refractivity contribution in [2.75, 3.05) is 0 Å². The van der Waals surface area contributed by atoms with Gasteiger partial charge in [-0.25, -0.2) is 0 Å². The fraction of sp³-hybridized carbons (Fsp3) is 0.0476. The van der Waals surface area contributed by atoms with Gasteiger partial charge in [-0.3, -0.25) is 0 Å². The summed E-state index contributed by atoms with van der Waals surface area (Å²) in [5.41, 5.74) is 0.758. The van der Waals surface area contributed by atoms with Crippen molar-refractivity contribution >= 4 is 29.3 Å². The maximum absolute atomic E-state index is 13.3. The molecular weight excluding hydrogens is 395 g/mol. The zero-order valence-electron chi connectivity index (χ0n) is 13.6. The molecule has 126 valence electrons. The molecule has 3 aromatic rings. The van der Waals surface area contributed by atoms with E-state index in [0.717, 1.165) is 14.5 Å². The summed E-state index contributed by atoms with van der Waals surface area (Å²) in [6, 6.07) is 27.9. The van der Waals surface area contributed by atoms with Crippen molar-refractivity contribution in [1.29, 1.82) is 0 Å². The van der Waals surface area contributed by atoms with Gasteiger partial charge in [0.15, 0.2) is 0 Å². The molecule has 0 saturated carbocycles. The Labute approximate surface area is 155 Å². The standard InChI is InChI=1S/C21H18O2SSe/c1-17(25-20-15-9-4-10-16-20)21(18-11-5-2-6-12-18)24(22,23)19-13-7-3-8-14-19/h2-16,21H,1H2. The van der Waals surface area contributed by atoms with E-state index < -0.39 is 15.1 Å². The Kier molecular flexibility index (Phi) is 5.54. The van der Waals surface area contributed by atoms with Crippen molar-refractivity contribution in [1.82, 2.24) is 0 Å². The predicted octanol–water partition coefficient (Wildman–Crippen LogP) is 3.75. The van der Waals surface area contributed by atoms with E-state index in [4.69, 9.17) is 0 Å². The first-order chi connectivity index (χ1) is 12.1. The Hall–Kier alpha value is -2.13. The molecular formula is C21H18O2SSe. The first-order valence-electron chi connectivity index (χ1n) is 7.84. The fourth-order valence-electron chi connectivity index (χ4n) is 2.61. The quantitative estimate of drug-likeness (QED) is 0.577. The van der Waals surface area contributed by atoms with E-state index in [9.17, 15) is 8.42 Å². The third-order valence-corrected chi connectivity index (χ3v) is 8.32. The van der Waals surface area contributed by atoms with E-state index >= 15 is 0 Å². The van der Waals surface area contributed by atoms with Crippen LogP contribution in [0, 0.1) is 0 Å². The maximum atomic E-state index is 13.3. The number of benzene rings is 3. The van der Waals surface area contributed by atoms with Crippen molar-refractivity contribution in [3.63, 3.8) is 0 Å². The molecule has 1 unspecified atom stereocenters. The van der Waals surface area contributed by atoms with E-state index in [0.29, 0.717) is 4.90 Å². The van der Waals surface area contributed by atoms with Gasteiger partial charge in [-0.05, 0) is 0 Å². The summed E-state index contributed by atoms with van der Waals surface area (Å²) in [7, 11) is -3.56. The molecule has 0 aliphatic rings. The van der Waals surface area contributed by atoms with Gasteiger partial charge in [0, 0.05) is 0 Å². The van der Waals surface area contributed by atoms with Crippen LogP contribution in [0.3, 0.4) is 0 Å². The molecule has 0 radical (unpaired) electrons. The summed E-state index contributed by atoms with van der Waals surface area (Å²) >= 11 is -0.135. The van der Waals surface area contributed by atoms with Gasteiger partial charge in [0.25, 0.3) is 0 Å². The molecule has 2 nitrogen and oxygen atoms in total. The minimum absolute atomic E-state index is 0.135. The molecule has 3 rings (SSSR count). The summed E-state index contributed by atoms with van der Waals surface area (Å²) in [5, 5.41) is -0.740. The van der Waals surface area contributed by atoms with Crippen molar-refractivity contribution in [2.24, 2.45) is 0 Å². The summed E-state index contributed by atoms with van der Waals surface area (Å²) in [5.74, 6) is 0. The van der Waals surface area contributed by atoms with Crippen LogP contribution in [-0.2, 0) is 9.84 Å². The van der Waals surface area contributed by atoms with Gasteiger partial charge in [0.2, 0.25) is 0 Å². The normalized spacial score (nSPS) is 12.5. The molecule has 0 aliphatic carbocycles. The number of rotatable bonds is 6. The molecule has 1 atom stereocenters. The molecule has 0 fully saturated rings. The van der Waals surface area contributed by atoms with Gasteiger partial charge in [0.1, 0.15) is 0 Å². The van der Waals surface area contributed by atoms with Crippen molar-refractivity contribution in [3.8, 4) is 0 Å². The first kappa shape index (κ1) is 17.7. The number of hydrogen-bond acceptors (Lipinski definition) is 2. The molecule has 0 saturated heterocycles. The third kappa shape index (κ3) is 4.10. The van der Waals surface area contributed by atoms with Crippen LogP contribution in [0.5, 0.6) is 0 Å². The van der Waals surface area contributed by atoms with Crippen LogP contribution in [-0.4, -0.2) is 23.4 Å². The average Bonchev–Trinajstić information content (AvgIpc) is 2.64. The zero-order chi connectivity index (χ0) is 17.7. The number of hydrogen-bond donors (Lipinski definition) is 0. The summed E-state index contributed by atoms with van der Waals surface area (Å²) in [6.45, 7) is 4.17. The van der Waals surface area contributed by atoms with E-state index in [1.54, 1.807) is 24.3 Å². The van der Waals surface area contributed by atoms with Crippen LogP contribution in [0.2, 0.25) is 0 Å². The molecule has 25 heavy (non-hydrogen) atoms. The second-order valence-corrected chi connectivity index (χ2v) is 10.1. The summed E-state index contributed by atoms with van der Waals surface area (Å²) in [4.78, 5) is 0.328. The average molecular weight is 413 g/mol. The van der Waals surface area contributed by atoms with E-state index in [-0.39, 0.29) is 15.0 Å². The van der Waals surface area contributed by atoms with Gasteiger partial charge < -0.3 is 0 Å². The molecule has 0 heterocycles. The van der Waals surface area contributed by atoms with Gasteiger partial charge in [-0.2, -0.15) is 0 Å². The van der Waals surface area contributed by atoms with Gasteiger partial charge in [-0.15, -0.1) is 0 Å². The van der Waals surface area contributed by atoms with Crippen molar-refractivity contribution in [3.05, 3.63) is 108 Å². The molecule has 3 aromatic carbocycles. The molecule has 0 amide bonds. The number of sulfone groups is 1. The second kappa shape index (κ2) is 7.83. The van der Waals surface area contributed by atoms with Gasteiger partial charge >= 0.3 is 155 Å². The van der Waals surface area contributed by atoms with Crippen LogP contribution in [0.4, 0.5) is 0 Å². The van der Waals surface area contributed by atoms with Crippen LogP contribution in [0.25, 0.3) is 0 Å². The Balaban J connectivity index is 2.03. The summed E-state index contributed by atoms with van der Waals surface area (Å²) < 4.78 is 28.5. The van der Waals surface area contributed by atoms with E-state index in [1.807, 2.05) is 66.7 Å². The first-order valence-corrected chi connectivity index (χ1v) is 11.1. The van der Waals surface area contributed by atoms with Crippen LogP contribution < -0.4 is 4.46 Å². The molecule has 0 aromatic heterocycles.